The fourth-order valence-corrected chi connectivity index (χ4v) is 4.67. The molecule has 1 N–H and O–H groups in total. The lowest BCUT2D eigenvalue weighted by atomic mass is 10.1. The molecule has 0 heterocycles. The average Bonchev–Trinajstić information content (AvgIpc) is 2.80. The summed E-state index contributed by atoms with van der Waals surface area (Å²) in [7, 11) is 0. The zero-order valence-electron chi connectivity index (χ0n) is 18.2. The number of nitrogens with zero attached hydrogens (tertiary/aromatic N) is 1. The topological polar surface area (TPSA) is 71.3 Å². The molecule has 3 aromatic carbocycles. The maximum Gasteiger partial charge on any atom is 0.266 e. The molecule has 168 valence electrons. The van der Waals surface area contributed by atoms with Crippen LogP contribution < -0.4 is 14.8 Å². The van der Waals surface area contributed by atoms with E-state index in [4.69, 9.17) is 9.47 Å². The molecule has 0 aliphatic heterocycles. The van der Waals surface area contributed by atoms with Gasteiger partial charge in [0.05, 0.1) is 12.3 Å². The Labute approximate surface area is 210 Å². The minimum Gasteiger partial charge on any atom is -0.490 e. The number of hydrogen-bond donors (Lipinski definition) is 1. The molecule has 0 radical (unpaired) electrons. The van der Waals surface area contributed by atoms with Crippen LogP contribution in [-0.2, 0) is 11.4 Å². The minimum absolute atomic E-state index is 0.0326. The van der Waals surface area contributed by atoms with Gasteiger partial charge in [-0.05, 0) is 92.7 Å². The van der Waals surface area contributed by atoms with E-state index in [0.717, 1.165) is 20.1 Å². The molecule has 3 rings (SSSR count). The number of nitriles is 1. The molecule has 0 saturated carbocycles. The summed E-state index contributed by atoms with van der Waals surface area (Å²) >= 11 is 6.91. The molecule has 0 bridgehead atoms. The fourth-order valence-electron chi connectivity index (χ4n) is 3.05. The van der Waals surface area contributed by atoms with Crippen molar-refractivity contribution in [2.45, 2.75) is 20.5 Å². The lowest BCUT2D eigenvalue weighted by Crippen LogP contribution is -2.14. The van der Waals surface area contributed by atoms with Crippen molar-refractivity contribution in [3.63, 3.8) is 0 Å². The molecule has 0 fully saturated rings. The molecule has 0 spiro atoms. The molecule has 33 heavy (non-hydrogen) atoms. The van der Waals surface area contributed by atoms with E-state index < -0.39 is 5.91 Å². The summed E-state index contributed by atoms with van der Waals surface area (Å²) in [5.74, 6) is 0.627. The van der Waals surface area contributed by atoms with Gasteiger partial charge >= 0.3 is 0 Å². The number of hydrogen-bond acceptors (Lipinski definition) is 4. The van der Waals surface area contributed by atoms with Crippen molar-refractivity contribution >= 4 is 49.5 Å². The van der Waals surface area contributed by atoms with Gasteiger partial charge in [0.2, 0.25) is 0 Å². The Hall–Kier alpha value is -3.08. The summed E-state index contributed by atoms with van der Waals surface area (Å²) in [5.41, 5.74) is 3.25. The highest BCUT2D eigenvalue weighted by Crippen LogP contribution is 2.33. The van der Waals surface area contributed by atoms with Crippen molar-refractivity contribution in [3.05, 3.63) is 91.9 Å². The molecule has 0 aliphatic carbocycles. The average molecular weight is 570 g/mol. The molecule has 0 unspecified atom stereocenters. The van der Waals surface area contributed by atoms with Gasteiger partial charge in [0, 0.05) is 8.95 Å². The molecule has 0 atom stereocenters. The highest BCUT2D eigenvalue weighted by atomic mass is 79.9. The Morgan fingerprint density at radius 3 is 2.36 bits per heavy atom. The molecule has 0 saturated heterocycles. The molecule has 3 aromatic rings. The van der Waals surface area contributed by atoms with Crippen LogP contribution in [0.3, 0.4) is 0 Å². The van der Waals surface area contributed by atoms with E-state index >= 15 is 0 Å². The van der Waals surface area contributed by atoms with Crippen LogP contribution in [0.2, 0.25) is 0 Å². The quantitative estimate of drug-likeness (QED) is 0.233. The predicted molar refractivity (Wildman–Crippen MR) is 137 cm³/mol. The Balaban J connectivity index is 1.81. The first kappa shape index (κ1) is 24.6. The first-order valence-corrected chi connectivity index (χ1v) is 11.8. The molecule has 0 aromatic heterocycles. The first-order chi connectivity index (χ1) is 15.9. The van der Waals surface area contributed by atoms with Gasteiger partial charge in [-0.1, -0.05) is 36.4 Å². The third-order valence-electron chi connectivity index (χ3n) is 4.61. The number of anilines is 1. The molecular weight excluding hydrogens is 548 g/mol. The highest BCUT2D eigenvalue weighted by Gasteiger charge is 2.15. The van der Waals surface area contributed by atoms with Crippen LogP contribution in [0.5, 0.6) is 11.5 Å². The lowest BCUT2D eigenvalue weighted by molar-refractivity contribution is -0.112. The zero-order chi connectivity index (χ0) is 23.8. The van der Waals surface area contributed by atoms with Gasteiger partial charge in [-0.25, -0.2) is 0 Å². The van der Waals surface area contributed by atoms with E-state index in [2.05, 4.69) is 37.2 Å². The summed E-state index contributed by atoms with van der Waals surface area (Å²) < 4.78 is 13.1. The van der Waals surface area contributed by atoms with Gasteiger partial charge in [-0.15, -0.1) is 0 Å². The summed E-state index contributed by atoms with van der Waals surface area (Å²) in [6.45, 7) is 4.69. The van der Waals surface area contributed by atoms with Crippen LogP contribution in [0.4, 0.5) is 5.69 Å². The van der Waals surface area contributed by atoms with Crippen molar-refractivity contribution in [1.82, 2.24) is 0 Å². The number of benzene rings is 3. The first-order valence-electron chi connectivity index (χ1n) is 10.2. The van der Waals surface area contributed by atoms with E-state index in [1.807, 2.05) is 62.4 Å². The smallest absolute Gasteiger partial charge is 0.266 e. The Morgan fingerprint density at radius 2 is 1.73 bits per heavy atom. The number of nitrogens with one attached hydrogen (secondary N) is 1. The van der Waals surface area contributed by atoms with Crippen LogP contribution in [0.15, 0.2) is 75.2 Å². The van der Waals surface area contributed by atoms with Crippen LogP contribution >= 0.6 is 31.9 Å². The van der Waals surface area contributed by atoms with Gasteiger partial charge in [0.1, 0.15) is 18.2 Å². The second-order valence-corrected chi connectivity index (χ2v) is 8.85. The van der Waals surface area contributed by atoms with Crippen LogP contribution in [0.1, 0.15) is 23.6 Å². The van der Waals surface area contributed by atoms with E-state index in [1.54, 1.807) is 18.2 Å². The summed E-state index contributed by atoms with van der Waals surface area (Å²) in [6, 6.07) is 20.9. The number of ether oxygens (including phenoxy) is 2. The number of rotatable bonds is 8. The van der Waals surface area contributed by atoms with Gasteiger partial charge in [-0.2, -0.15) is 5.26 Å². The second kappa shape index (κ2) is 11.7. The zero-order valence-corrected chi connectivity index (χ0v) is 21.4. The van der Waals surface area contributed by atoms with Crippen molar-refractivity contribution in [1.29, 1.82) is 5.26 Å². The molecule has 1 amide bonds. The van der Waals surface area contributed by atoms with Crippen LogP contribution in [0, 0.1) is 18.3 Å². The lowest BCUT2D eigenvalue weighted by Gasteiger charge is -2.13. The summed E-state index contributed by atoms with van der Waals surface area (Å²) in [5, 5.41) is 12.4. The van der Waals surface area contributed by atoms with E-state index in [0.29, 0.717) is 36.0 Å². The summed E-state index contributed by atoms with van der Waals surface area (Å²) in [4.78, 5) is 12.8. The van der Waals surface area contributed by atoms with Crippen molar-refractivity contribution in [2.24, 2.45) is 0 Å². The Kier molecular flexibility index (Phi) is 8.70. The van der Waals surface area contributed by atoms with Gasteiger partial charge < -0.3 is 14.8 Å². The summed E-state index contributed by atoms with van der Waals surface area (Å²) in [6.07, 6.45) is 1.52. The predicted octanol–water partition coefficient (Wildman–Crippen LogP) is 7.04. The SMILES string of the molecule is CCOc1cc(/C=C(\C#N)C(=O)Nc2c(Br)cc(C)cc2Br)ccc1OCc1ccccc1. The molecule has 0 aliphatic rings. The highest BCUT2D eigenvalue weighted by molar-refractivity contribution is 9.11. The molecular formula is C26H22Br2N2O3. The second-order valence-electron chi connectivity index (χ2n) is 7.14. The van der Waals surface area contributed by atoms with Crippen molar-refractivity contribution in [2.75, 3.05) is 11.9 Å². The number of aryl methyl sites for hydroxylation is 1. The van der Waals surface area contributed by atoms with Gasteiger partial charge in [-0.3, -0.25) is 4.79 Å². The van der Waals surface area contributed by atoms with Gasteiger partial charge in [0.25, 0.3) is 5.91 Å². The Morgan fingerprint density at radius 1 is 1.03 bits per heavy atom. The van der Waals surface area contributed by atoms with E-state index in [1.165, 1.54) is 6.08 Å². The van der Waals surface area contributed by atoms with Crippen molar-refractivity contribution < 1.29 is 14.3 Å². The van der Waals surface area contributed by atoms with Gasteiger partial charge in [0.15, 0.2) is 11.5 Å². The monoisotopic (exact) mass is 568 g/mol. The van der Waals surface area contributed by atoms with Crippen molar-refractivity contribution in [3.8, 4) is 17.6 Å². The normalized spacial score (nSPS) is 10.9. The van der Waals surface area contributed by atoms with Crippen LogP contribution in [-0.4, -0.2) is 12.5 Å². The molecule has 7 heteroatoms. The maximum absolute atomic E-state index is 12.8. The number of carbonyl (C=O) groups is 1. The molecule has 5 nitrogen and oxygen atoms in total. The van der Waals surface area contributed by atoms with Crippen LogP contribution in [0.25, 0.3) is 6.08 Å². The Bertz CT molecular complexity index is 1190. The third kappa shape index (κ3) is 6.70. The standard InChI is InChI=1S/C26H22Br2N2O3/c1-3-32-24-14-19(9-10-23(24)33-16-18-7-5-4-6-8-18)13-20(15-29)26(31)30-25-21(27)11-17(2)12-22(25)28/h4-14H,3,16H2,1-2H3,(H,30,31)/b20-13+. The van der Waals surface area contributed by atoms with E-state index in [9.17, 15) is 10.1 Å². The third-order valence-corrected chi connectivity index (χ3v) is 5.86. The minimum atomic E-state index is -0.509. The van der Waals surface area contributed by atoms with E-state index in [-0.39, 0.29) is 5.57 Å². The number of halogens is 2. The largest absolute Gasteiger partial charge is 0.490 e. The fraction of sp³-hybridized carbons (Fsp3) is 0.154. The number of amides is 1. The maximum atomic E-state index is 12.8. The number of carbonyl (C=O) groups excluding carboxylic acids is 1.